The van der Waals surface area contributed by atoms with Crippen molar-refractivity contribution < 1.29 is 14.0 Å². The molecule has 3 atom stereocenters. The highest BCUT2D eigenvalue weighted by molar-refractivity contribution is 6.31. The van der Waals surface area contributed by atoms with Gasteiger partial charge in [-0.1, -0.05) is 66.5 Å². The summed E-state index contributed by atoms with van der Waals surface area (Å²) in [6.45, 7) is 5.35. The highest BCUT2D eigenvalue weighted by Crippen LogP contribution is 2.44. The van der Waals surface area contributed by atoms with Gasteiger partial charge in [0.15, 0.2) is 0 Å². The van der Waals surface area contributed by atoms with Crippen molar-refractivity contribution in [1.29, 1.82) is 0 Å². The highest BCUT2D eigenvalue weighted by Gasteiger charge is 2.47. The molecule has 0 bridgehead atoms. The van der Waals surface area contributed by atoms with Crippen LogP contribution < -0.4 is 10.6 Å². The predicted molar refractivity (Wildman–Crippen MR) is 173 cm³/mol. The number of nitrogens with one attached hydrogen (secondary N) is 2. The molecular formula is C35H38Cl2FN3O2. The number of allylic oxidation sites excluding steroid dienone is 2. The monoisotopic (exact) mass is 621 g/mol. The molecule has 3 aromatic carbocycles. The van der Waals surface area contributed by atoms with Crippen molar-refractivity contribution in [3.8, 4) is 0 Å². The van der Waals surface area contributed by atoms with Gasteiger partial charge in [-0.2, -0.15) is 0 Å². The summed E-state index contributed by atoms with van der Waals surface area (Å²) in [7, 11) is 0. The van der Waals surface area contributed by atoms with E-state index in [0.717, 1.165) is 31.4 Å². The van der Waals surface area contributed by atoms with Crippen LogP contribution in [0.3, 0.4) is 0 Å². The van der Waals surface area contributed by atoms with E-state index >= 15 is 4.39 Å². The number of rotatable bonds is 11. The maximum absolute atomic E-state index is 15.4. The first-order chi connectivity index (χ1) is 20.7. The van der Waals surface area contributed by atoms with Crippen LogP contribution in [0.1, 0.15) is 73.4 Å². The lowest BCUT2D eigenvalue weighted by atomic mass is 9.89. The molecule has 1 aliphatic carbocycles. The van der Waals surface area contributed by atoms with Gasteiger partial charge in [0, 0.05) is 41.3 Å². The van der Waals surface area contributed by atoms with Gasteiger partial charge in [-0.25, -0.2) is 4.39 Å². The molecule has 0 aromatic heterocycles. The Bertz CT molecular complexity index is 1490. The number of anilines is 1. The van der Waals surface area contributed by atoms with Crippen molar-refractivity contribution in [3.63, 3.8) is 0 Å². The molecule has 43 heavy (non-hydrogen) atoms. The molecule has 3 aromatic rings. The number of benzene rings is 3. The summed E-state index contributed by atoms with van der Waals surface area (Å²) in [6, 6.07) is 19.0. The number of carbonyl (C=O) groups is 2. The molecule has 1 saturated heterocycles. The minimum Gasteiger partial charge on any atom is -0.352 e. The van der Waals surface area contributed by atoms with Gasteiger partial charge < -0.3 is 10.6 Å². The summed E-state index contributed by atoms with van der Waals surface area (Å²) < 4.78 is 15.4. The Morgan fingerprint density at radius 1 is 1.02 bits per heavy atom. The van der Waals surface area contributed by atoms with E-state index in [1.54, 1.807) is 36.4 Å². The van der Waals surface area contributed by atoms with Gasteiger partial charge in [0.1, 0.15) is 5.82 Å². The predicted octanol–water partition coefficient (Wildman–Crippen LogP) is 8.34. The fraction of sp³-hybridized carbons (Fsp3) is 0.371. The normalized spacial score (nSPS) is 20.7. The molecule has 2 amide bonds. The smallest absolute Gasteiger partial charge is 0.251 e. The summed E-state index contributed by atoms with van der Waals surface area (Å²) in [5.74, 6) is -0.716. The van der Waals surface area contributed by atoms with E-state index in [2.05, 4.69) is 35.5 Å². The first-order valence-electron chi connectivity index (χ1n) is 15.1. The molecule has 5 nitrogen and oxygen atoms in total. The van der Waals surface area contributed by atoms with Crippen molar-refractivity contribution >= 4 is 46.3 Å². The van der Waals surface area contributed by atoms with E-state index in [0.29, 0.717) is 47.1 Å². The first kappa shape index (κ1) is 31.2. The Balaban J connectivity index is 1.34. The average molecular weight is 623 g/mol. The maximum atomic E-state index is 15.4. The Morgan fingerprint density at radius 3 is 2.44 bits per heavy atom. The third-order valence-electron chi connectivity index (χ3n) is 8.52. The van der Waals surface area contributed by atoms with E-state index in [-0.39, 0.29) is 22.9 Å². The Kier molecular flexibility index (Phi) is 10.2. The van der Waals surface area contributed by atoms with Gasteiger partial charge in [0.05, 0.1) is 11.1 Å². The van der Waals surface area contributed by atoms with Gasteiger partial charge >= 0.3 is 0 Å². The van der Waals surface area contributed by atoms with Crippen molar-refractivity contribution in [1.82, 2.24) is 10.2 Å². The summed E-state index contributed by atoms with van der Waals surface area (Å²) in [5, 5.41) is 6.65. The molecular weight excluding hydrogens is 584 g/mol. The zero-order valence-corrected chi connectivity index (χ0v) is 26.1. The van der Waals surface area contributed by atoms with Gasteiger partial charge in [-0.15, -0.1) is 0 Å². The molecule has 5 rings (SSSR count). The Morgan fingerprint density at radius 2 is 1.74 bits per heavy atom. The standard InChI is InChI=1S/C35H38Cl2FN3O2/c1-3-6-22(2)24-13-15-25(16-14-24)34(42)39-18-17-28-20-30(29-9-5-10-31(37)32(29)38)33(41(28)21-23-11-12-23)35(43)40-27-8-4-7-26(36)19-27/h4-10,13-16,19,23,28,30,33H,3,11-12,17-18,20-21H2,1-2H3,(H,39,42)(H,40,43)/b22-6+/t28-,30?,33?/m0/s1. The molecule has 0 radical (unpaired) electrons. The van der Waals surface area contributed by atoms with Crippen LogP contribution in [-0.2, 0) is 4.79 Å². The van der Waals surface area contributed by atoms with Crippen molar-refractivity contribution in [2.45, 2.75) is 64.0 Å². The van der Waals surface area contributed by atoms with E-state index in [1.807, 2.05) is 24.3 Å². The largest absolute Gasteiger partial charge is 0.352 e. The minimum atomic E-state index is -0.597. The van der Waals surface area contributed by atoms with Crippen molar-refractivity contribution in [3.05, 3.63) is 105 Å². The van der Waals surface area contributed by atoms with Gasteiger partial charge in [0.25, 0.3) is 5.91 Å². The summed E-state index contributed by atoms with van der Waals surface area (Å²) >= 11 is 12.4. The number of nitrogens with zero attached hydrogens (tertiary/aromatic N) is 1. The molecule has 1 saturated carbocycles. The van der Waals surface area contributed by atoms with E-state index in [9.17, 15) is 9.59 Å². The fourth-order valence-corrected chi connectivity index (χ4v) is 6.52. The topological polar surface area (TPSA) is 61.4 Å². The lowest BCUT2D eigenvalue weighted by Gasteiger charge is -2.31. The third kappa shape index (κ3) is 7.67. The van der Waals surface area contributed by atoms with Crippen LogP contribution >= 0.6 is 23.2 Å². The molecule has 2 aliphatic rings. The van der Waals surface area contributed by atoms with Gasteiger partial charge in [0.2, 0.25) is 5.91 Å². The van der Waals surface area contributed by atoms with Crippen LogP contribution in [0.2, 0.25) is 10.0 Å². The Hall–Kier alpha value is -3.19. The second-order valence-electron chi connectivity index (χ2n) is 11.6. The number of hydrogen-bond acceptors (Lipinski definition) is 3. The van der Waals surface area contributed by atoms with Crippen LogP contribution in [-0.4, -0.2) is 41.9 Å². The number of likely N-dealkylation sites (tertiary alicyclic amines) is 1. The highest BCUT2D eigenvalue weighted by atomic mass is 35.5. The quantitative estimate of drug-likeness (QED) is 0.226. The zero-order valence-electron chi connectivity index (χ0n) is 24.6. The summed E-state index contributed by atoms with van der Waals surface area (Å²) in [4.78, 5) is 29.1. The fourth-order valence-electron chi connectivity index (χ4n) is 6.14. The number of halogens is 3. The number of amides is 2. The van der Waals surface area contributed by atoms with E-state index < -0.39 is 17.8 Å². The molecule has 8 heteroatoms. The summed E-state index contributed by atoms with van der Waals surface area (Å²) in [5.41, 5.74) is 3.93. The molecule has 1 aliphatic heterocycles. The van der Waals surface area contributed by atoms with E-state index in [1.165, 1.54) is 11.6 Å². The second kappa shape index (κ2) is 14.1. The Labute approximate surface area is 263 Å². The lowest BCUT2D eigenvalue weighted by Crippen LogP contribution is -2.46. The van der Waals surface area contributed by atoms with E-state index in [4.69, 9.17) is 23.2 Å². The lowest BCUT2D eigenvalue weighted by molar-refractivity contribution is -0.121. The molecule has 2 fully saturated rings. The van der Waals surface area contributed by atoms with Crippen LogP contribution in [0, 0.1) is 11.7 Å². The molecule has 2 N–H and O–H groups in total. The van der Waals surface area contributed by atoms with Crippen molar-refractivity contribution in [2.75, 3.05) is 18.4 Å². The first-order valence-corrected chi connectivity index (χ1v) is 15.8. The second-order valence-corrected chi connectivity index (χ2v) is 12.5. The van der Waals surface area contributed by atoms with Crippen LogP contribution in [0.25, 0.3) is 5.57 Å². The average Bonchev–Trinajstić information content (AvgIpc) is 3.74. The third-order valence-corrected chi connectivity index (χ3v) is 9.04. The molecule has 0 spiro atoms. The zero-order chi connectivity index (χ0) is 30.5. The van der Waals surface area contributed by atoms with Crippen molar-refractivity contribution in [2.24, 2.45) is 5.92 Å². The minimum absolute atomic E-state index is 0.0244. The molecule has 2 unspecified atom stereocenters. The molecule has 1 heterocycles. The van der Waals surface area contributed by atoms with Gasteiger partial charge in [-0.3, -0.25) is 14.5 Å². The van der Waals surface area contributed by atoms with Gasteiger partial charge in [-0.05, 0) is 98.0 Å². The molecule has 226 valence electrons. The number of carbonyl (C=O) groups excluding carboxylic acids is 2. The maximum Gasteiger partial charge on any atom is 0.251 e. The van der Waals surface area contributed by atoms with Crippen LogP contribution in [0.15, 0.2) is 72.8 Å². The summed E-state index contributed by atoms with van der Waals surface area (Å²) in [6.07, 6.45) is 6.55. The number of hydrogen-bond donors (Lipinski definition) is 2. The van der Waals surface area contributed by atoms with Crippen LogP contribution in [0.4, 0.5) is 10.1 Å². The van der Waals surface area contributed by atoms with Crippen LogP contribution in [0.5, 0.6) is 0 Å². The SMILES string of the molecule is CC/C=C(\C)c1ccc(C(=O)NCC[C@H]2CC(c3cccc(Cl)c3F)C(C(=O)Nc3cccc(Cl)c3)N2CC2CC2)cc1.